The van der Waals surface area contributed by atoms with Crippen molar-refractivity contribution in [2.24, 2.45) is 0 Å². The third-order valence-corrected chi connectivity index (χ3v) is 3.67. The van der Waals surface area contributed by atoms with Gasteiger partial charge in [-0.3, -0.25) is 4.79 Å². The van der Waals surface area contributed by atoms with Gasteiger partial charge in [0.05, 0.1) is 4.90 Å². The van der Waals surface area contributed by atoms with E-state index in [9.17, 15) is 13.2 Å². The third-order valence-electron chi connectivity index (χ3n) is 2.32. The summed E-state index contributed by atoms with van der Waals surface area (Å²) in [5.41, 5.74) is 0.267. The normalized spacial score (nSPS) is 10.4. The molecule has 0 aliphatic rings. The molecule has 102 valence electrons. The van der Waals surface area contributed by atoms with Gasteiger partial charge in [0, 0.05) is 29.2 Å². The summed E-state index contributed by atoms with van der Waals surface area (Å²) in [6, 6.07) is 5.61. The molecule has 4 nitrogen and oxygen atoms in total. The molecular weight excluding hydrogens is 286 g/mol. The van der Waals surface area contributed by atoms with Crippen LogP contribution in [0.25, 0.3) is 0 Å². The van der Waals surface area contributed by atoms with Crippen molar-refractivity contribution in [3.05, 3.63) is 29.8 Å². The first kappa shape index (κ1) is 15.5. The molecule has 1 amide bonds. The quantitative estimate of drug-likeness (QED) is 0.515. The molecule has 1 rings (SSSR count). The monoisotopic (exact) mass is 299 g/mol. The molecule has 1 aromatic carbocycles. The van der Waals surface area contributed by atoms with Gasteiger partial charge in [-0.2, -0.15) is 0 Å². The van der Waals surface area contributed by atoms with Crippen LogP contribution in [0.3, 0.4) is 0 Å². The molecule has 0 aromatic heterocycles. The number of halogens is 1. The second kappa shape index (κ2) is 7.17. The highest BCUT2D eigenvalue weighted by molar-refractivity contribution is 8.13. The molecule has 6 heteroatoms. The summed E-state index contributed by atoms with van der Waals surface area (Å²) in [4.78, 5) is 11.7. The van der Waals surface area contributed by atoms with Crippen molar-refractivity contribution >= 4 is 25.6 Å². The summed E-state index contributed by atoms with van der Waals surface area (Å²) in [6.07, 6.45) is 1.47. The lowest BCUT2D eigenvalue weighted by Gasteiger charge is -2.05. The molecule has 0 bridgehead atoms. The lowest BCUT2D eigenvalue weighted by molar-refractivity contribution is 0.0953. The highest BCUT2D eigenvalue weighted by atomic mass is 35.7. The topological polar surface area (TPSA) is 63.2 Å². The molecule has 0 atom stereocenters. The highest BCUT2D eigenvalue weighted by Gasteiger charge is 2.12. The third kappa shape index (κ3) is 5.33. The summed E-state index contributed by atoms with van der Waals surface area (Å²) in [5.74, 6) is 5.33. The van der Waals surface area contributed by atoms with Crippen LogP contribution in [0, 0.1) is 11.8 Å². The van der Waals surface area contributed by atoms with E-state index in [2.05, 4.69) is 17.2 Å². The SMILES string of the molecule is CC#CCCCNC(=O)c1cccc(S(=O)(=O)Cl)c1. The lowest BCUT2D eigenvalue weighted by Crippen LogP contribution is -2.24. The Labute approximate surface area is 117 Å². The van der Waals surface area contributed by atoms with Crippen molar-refractivity contribution in [3.8, 4) is 11.8 Å². The highest BCUT2D eigenvalue weighted by Crippen LogP contribution is 2.16. The molecule has 0 fully saturated rings. The molecule has 0 heterocycles. The maximum atomic E-state index is 11.8. The first-order valence-corrected chi connectivity index (χ1v) is 7.98. The number of benzene rings is 1. The summed E-state index contributed by atoms with van der Waals surface area (Å²) < 4.78 is 22.3. The molecule has 1 aromatic rings. The van der Waals surface area contributed by atoms with Gasteiger partial charge in [-0.15, -0.1) is 11.8 Å². The van der Waals surface area contributed by atoms with Gasteiger partial charge in [0.2, 0.25) is 0 Å². The fraction of sp³-hybridized carbons (Fsp3) is 0.308. The van der Waals surface area contributed by atoms with Gasteiger partial charge in [-0.05, 0) is 31.5 Å². The van der Waals surface area contributed by atoms with Crippen molar-refractivity contribution in [2.75, 3.05) is 6.54 Å². The molecule has 0 radical (unpaired) electrons. The van der Waals surface area contributed by atoms with Crippen LogP contribution in [0.15, 0.2) is 29.2 Å². The van der Waals surface area contributed by atoms with Crippen LogP contribution in [0.5, 0.6) is 0 Å². The van der Waals surface area contributed by atoms with E-state index in [1.54, 1.807) is 6.92 Å². The van der Waals surface area contributed by atoms with E-state index in [1.165, 1.54) is 24.3 Å². The van der Waals surface area contributed by atoms with Crippen LogP contribution < -0.4 is 5.32 Å². The number of amides is 1. The Bertz CT molecular complexity index is 614. The Morgan fingerprint density at radius 1 is 1.42 bits per heavy atom. The van der Waals surface area contributed by atoms with E-state index in [4.69, 9.17) is 10.7 Å². The minimum Gasteiger partial charge on any atom is -0.352 e. The molecule has 0 aliphatic heterocycles. The van der Waals surface area contributed by atoms with Crippen molar-refractivity contribution in [3.63, 3.8) is 0 Å². The largest absolute Gasteiger partial charge is 0.352 e. The van der Waals surface area contributed by atoms with Gasteiger partial charge in [-0.1, -0.05) is 6.07 Å². The molecular formula is C13H14ClNO3S. The van der Waals surface area contributed by atoms with Gasteiger partial charge in [0.1, 0.15) is 0 Å². The van der Waals surface area contributed by atoms with Crippen LogP contribution in [-0.4, -0.2) is 20.9 Å². The Balaban J connectivity index is 2.64. The van der Waals surface area contributed by atoms with E-state index in [0.717, 1.165) is 6.42 Å². The van der Waals surface area contributed by atoms with Crippen molar-refractivity contribution in [1.82, 2.24) is 5.32 Å². The second-order valence-corrected chi connectivity index (χ2v) is 6.32. The maximum Gasteiger partial charge on any atom is 0.261 e. The zero-order valence-electron chi connectivity index (χ0n) is 10.4. The number of carbonyl (C=O) groups excluding carboxylic acids is 1. The van der Waals surface area contributed by atoms with E-state index in [1.807, 2.05) is 0 Å². The van der Waals surface area contributed by atoms with E-state index >= 15 is 0 Å². The predicted octanol–water partition coefficient (Wildman–Crippen LogP) is 2.15. The Kier molecular flexibility index (Phi) is 5.87. The molecule has 0 spiro atoms. The molecule has 19 heavy (non-hydrogen) atoms. The van der Waals surface area contributed by atoms with Crippen LogP contribution in [0.2, 0.25) is 0 Å². The first-order valence-electron chi connectivity index (χ1n) is 5.67. The molecule has 0 saturated heterocycles. The molecule has 0 aliphatic carbocycles. The van der Waals surface area contributed by atoms with Gasteiger partial charge in [0.15, 0.2) is 0 Å². The standard InChI is InChI=1S/C13H14ClNO3S/c1-2-3-4-5-9-15-13(16)11-7-6-8-12(10-11)19(14,17)18/h6-8,10H,4-5,9H2,1H3,(H,15,16). The number of carbonyl (C=O) groups is 1. The molecule has 0 unspecified atom stereocenters. The number of hydrogen-bond donors (Lipinski definition) is 1. The average Bonchev–Trinajstić information content (AvgIpc) is 2.37. The Morgan fingerprint density at radius 2 is 2.16 bits per heavy atom. The number of hydrogen-bond acceptors (Lipinski definition) is 3. The van der Waals surface area contributed by atoms with E-state index in [0.29, 0.717) is 13.0 Å². The van der Waals surface area contributed by atoms with Gasteiger partial charge >= 0.3 is 0 Å². The zero-order chi connectivity index (χ0) is 14.3. The van der Waals surface area contributed by atoms with Crippen molar-refractivity contribution < 1.29 is 13.2 Å². The van der Waals surface area contributed by atoms with E-state index in [-0.39, 0.29) is 16.4 Å². The fourth-order valence-electron chi connectivity index (χ4n) is 1.39. The number of nitrogens with one attached hydrogen (secondary N) is 1. The summed E-state index contributed by atoms with van der Waals surface area (Å²) in [5, 5.41) is 2.69. The minimum atomic E-state index is -3.82. The molecule has 0 saturated carbocycles. The van der Waals surface area contributed by atoms with Crippen LogP contribution >= 0.6 is 10.7 Å². The average molecular weight is 300 g/mol. The number of unbranched alkanes of at least 4 members (excludes halogenated alkanes) is 1. The molecule has 1 N–H and O–H groups in total. The van der Waals surface area contributed by atoms with Crippen LogP contribution in [-0.2, 0) is 9.05 Å². The van der Waals surface area contributed by atoms with Crippen molar-refractivity contribution in [1.29, 1.82) is 0 Å². The lowest BCUT2D eigenvalue weighted by atomic mass is 10.2. The van der Waals surface area contributed by atoms with Crippen LogP contribution in [0.4, 0.5) is 0 Å². The maximum absolute atomic E-state index is 11.8. The van der Waals surface area contributed by atoms with Gasteiger partial charge < -0.3 is 5.32 Å². The summed E-state index contributed by atoms with van der Waals surface area (Å²) in [7, 11) is 1.40. The first-order chi connectivity index (χ1) is 8.95. The van der Waals surface area contributed by atoms with E-state index < -0.39 is 9.05 Å². The van der Waals surface area contributed by atoms with Crippen LogP contribution in [0.1, 0.15) is 30.1 Å². The fourth-order valence-corrected chi connectivity index (χ4v) is 2.19. The minimum absolute atomic E-state index is 0.0846. The number of rotatable bonds is 5. The smallest absolute Gasteiger partial charge is 0.261 e. The van der Waals surface area contributed by atoms with Gasteiger partial charge in [0.25, 0.3) is 15.0 Å². The van der Waals surface area contributed by atoms with Crippen molar-refractivity contribution in [2.45, 2.75) is 24.7 Å². The predicted molar refractivity (Wildman–Crippen MR) is 74.5 cm³/mol. The Hall–Kier alpha value is -1.51. The zero-order valence-corrected chi connectivity index (χ0v) is 12.0. The summed E-state index contributed by atoms with van der Waals surface area (Å²) in [6.45, 7) is 2.25. The Morgan fingerprint density at radius 3 is 2.79 bits per heavy atom. The van der Waals surface area contributed by atoms with Gasteiger partial charge in [-0.25, -0.2) is 8.42 Å². The summed E-state index contributed by atoms with van der Waals surface area (Å²) >= 11 is 0. The second-order valence-electron chi connectivity index (χ2n) is 3.75.